The molecule has 0 unspecified atom stereocenters. The molecule has 0 aliphatic carbocycles. The van der Waals surface area contributed by atoms with Crippen LogP contribution >= 0.6 is 0 Å². The predicted octanol–water partition coefficient (Wildman–Crippen LogP) is 1.56. The highest BCUT2D eigenvalue weighted by molar-refractivity contribution is 5.94. The number of nitrogens with zero attached hydrogens (tertiary/aromatic N) is 1. The highest BCUT2D eigenvalue weighted by atomic mass is 16.5. The quantitative estimate of drug-likeness (QED) is 0.884. The van der Waals surface area contributed by atoms with Gasteiger partial charge in [-0.2, -0.15) is 0 Å². The molecule has 0 bridgehead atoms. The molecule has 1 aliphatic heterocycles. The van der Waals surface area contributed by atoms with Crippen molar-refractivity contribution >= 4 is 5.91 Å². The first-order chi connectivity index (χ1) is 8.37. The third-order valence-electron chi connectivity index (χ3n) is 2.94. The molecule has 1 amide bonds. The lowest BCUT2D eigenvalue weighted by molar-refractivity contribution is 0.0368. The van der Waals surface area contributed by atoms with Crippen LogP contribution in [0, 0.1) is 0 Å². The van der Waals surface area contributed by atoms with Crippen molar-refractivity contribution in [3.63, 3.8) is 0 Å². The second-order valence-corrected chi connectivity index (χ2v) is 5.45. The van der Waals surface area contributed by atoms with Crippen LogP contribution in [0.25, 0.3) is 0 Å². The Morgan fingerprint density at radius 2 is 2.06 bits per heavy atom. The number of hydrogen-bond donors (Lipinski definition) is 1. The molecule has 0 atom stereocenters. The van der Waals surface area contributed by atoms with Crippen molar-refractivity contribution in [1.29, 1.82) is 0 Å². The Morgan fingerprint density at radius 3 is 2.72 bits per heavy atom. The van der Waals surface area contributed by atoms with Crippen LogP contribution in [-0.2, 0) is 18.0 Å². The van der Waals surface area contributed by atoms with E-state index in [-0.39, 0.29) is 5.91 Å². The van der Waals surface area contributed by atoms with Crippen LogP contribution < -0.4 is 0 Å². The molecular weight excluding hydrogens is 230 g/mol. The standard InChI is InChI=1S/C14H19NO3/c1-14(2,17)9-15(3)13(16)10-4-5-11-7-18-8-12(11)6-10/h4-6,17H,7-9H2,1-3H3. The summed E-state index contributed by atoms with van der Waals surface area (Å²) in [5, 5.41) is 9.72. The molecular formula is C14H19NO3. The van der Waals surface area contributed by atoms with Gasteiger partial charge in [-0.05, 0) is 37.1 Å². The van der Waals surface area contributed by atoms with Gasteiger partial charge in [0.05, 0.1) is 18.8 Å². The summed E-state index contributed by atoms with van der Waals surface area (Å²) in [5.74, 6) is -0.0770. The summed E-state index contributed by atoms with van der Waals surface area (Å²) >= 11 is 0. The molecule has 1 N–H and O–H groups in total. The average molecular weight is 249 g/mol. The lowest BCUT2D eigenvalue weighted by Gasteiger charge is -2.25. The number of ether oxygens (including phenoxy) is 1. The van der Waals surface area contributed by atoms with E-state index in [0.29, 0.717) is 25.3 Å². The first-order valence-corrected chi connectivity index (χ1v) is 6.04. The number of carbonyl (C=O) groups excluding carboxylic acids is 1. The molecule has 1 heterocycles. The van der Waals surface area contributed by atoms with Crippen molar-refractivity contribution in [1.82, 2.24) is 4.90 Å². The molecule has 4 nitrogen and oxygen atoms in total. The SMILES string of the molecule is CN(CC(C)(C)O)C(=O)c1ccc2c(c1)COC2. The molecule has 1 aromatic carbocycles. The van der Waals surface area contributed by atoms with Gasteiger partial charge in [-0.25, -0.2) is 0 Å². The summed E-state index contributed by atoms with van der Waals surface area (Å²) in [7, 11) is 1.70. The number of hydrogen-bond acceptors (Lipinski definition) is 3. The Hall–Kier alpha value is -1.39. The zero-order valence-electron chi connectivity index (χ0n) is 11.1. The predicted molar refractivity (Wildman–Crippen MR) is 68.2 cm³/mol. The van der Waals surface area contributed by atoms with Gasteiger partial charge in [-0.3, -0.25) is 4.79 Å². The van der Waals surface area contributed by atoms with Gasteiger partial charge in [0.25, 0.3) is 5.91 Å². The number of benzene rings is 1. The van der Waals surface area contributed by atoms with Crippen LogP contribution in [0.15, 0.2) is 18.2 Å². The Morgan fingerprint density at radius 1 is 1.39 bits per heavy atom. The summed E-state index contributed by atoms with van der Waals surface area (Å²) in [6.07, 6.45) is 0. The molecule has 98 valence electrons. The van der Waals surface area contributed by atoms with Crippen molar-refractivity contribution in [2.45, 2.75) is 32.7 Å². The van der Waals surface area contributed by atoms with Crippen molar-refractivity contribution in [3.05, 3.63) is 34.9 Å². The normalized spacial score (nSPS) is 14.4. The van der Waals surface area contributed by atoms with Crippen LogP contribution in [0.1, 0.15) is 35.3 Å². The van der Waals surface area contributed by atoms with Gasteiger partial charge in [-0.15, -0.1) is 0 Å². The van der Waals surface area contributed by atoms with Gasteiger partial charge >= 0.3 is 0 Å². The van der Waals surface area contributed by atoms with Crippen LogP contribution in [0.2, 0.25) is 0 Å². The lowest BCUT2D eigenvalue weighted by atomic mass is 10.0. The monoisotopic (exact) mass is 249 g/mol. The van der Waals surface area contributed by atoms with E-state index in [1.165, 1.54) is 4.90 Å². The summed E-state index contributed by atoms with van der Waals surface area (Å²) in [5.41, 5.74) is 1.99. The maximum absolute atomic E-state index is 12.2. The summed E-state index contributed by atoms with van der Waals surface area (Å²) in [6.45, 7) is 4.88. The van der Waals surface area contributed by atoms with E-state index in [0.717, 1.165) is 11.1 Å². The molecule has 1 aromatic rings. The van der Waals surface area contributed by atoms with Crippen molar-refractivity contribution in [2.24, 2.45) is 0 Å². The van der Waals surface area contributed by atoms with Crippen LogP contribution in [0.5, 0.6) is 0 Å². The van der Waals surface area contributed by atoms with Crippen molar-refractivity contribution < 1.29 is 14.6 Å². The van der Waals surface area contributed by atoms with Gasteiger partial charge in [0, 0.05) is 19.2 Å². The maximum atomic E-state index is 12.2. The number of carbonyl (C=O) groups is 1. The van der Waals surface area contributed by atoms with Crippen molar-refractivity contribution in [3.8, 4) is 0 Å². The zero-order chi connectivity index (χ0) is 13.3. The molecule has 0 fully saturated rings. The Bertz CT molecular complexity index is 463. The van der Waals surface area contributed by atoms with Crippen LogP contribution in [0.3, 0.4) is 0 Å². The number of aliphatic hydroxyl groups is 1. The minimum Gasteiger partial charge on any atom is -0.389 e. The van der Waals surface area contributed by atoms with Gasteiger partial charge in [0.15, 0.2) is 0 Å². The number of fused-ring (bicyclic) bond motifs is 1. The average Bonchev–Trinajstić information content (AvgIpc) is 2.72. The first-order valence-electron chi connectivity index (χ1n) is 6.04. The fraction of sp³-hybridized carbons (Fsp3) is 0.500. The van der Waals surface area contributed by atoms with E-state index in [1.54, 1.807) is 20.9 Å². The number of amides is 1. The van der Waals surface area contributed by atoms with E-state index < -0.39 is 5.60 Å². The third kappa shape index (κ3) is 2.89. The molecule has 0 radical (unpaired) electrons. The molecule has 0 saturated carbocycles. The second kappa shape index (κ2) is 4.71. The Balaban J connectivity index is 2.14. The Kier molecular flexibility index (Phi) is 3.41. The van der Waals surface area contributed by atoms with Crippen LogP contribution in [0.4, 0.5) is 0 Å². The summed E-state index contributed by atoms with van der Waals surface area (Å²) in [6, 6.07) is 5.63. The molecule has 18 heavy (non-hydrogen) atoms. The minimum absolute atomic E-state index is 0.0770. The topological polar surface area (TPSA) is 49.8 Å². The fourth-order valence-electron chi connectivity index (χ4n) is 2.18. The van der Waals surface area contributed by atoms with E-state index in [4.69, 9.17) is 4.74 Å². The third-order valence-corrected chi connectivity index (χ3v) is 2.94. The molecule has 2 rings (SSSR count). The smallest absolute Gasteiger partial charge is 0.253 e. The van der Waals surface area contributed by atoms with Gasteiger partial charge < -0.3 is 14.7 Å². The maximum Gasteiger partial charge on any atom is 0.253 e. The lowest BCUT2D eigenvalue weighted by Crippen LogP contribution is -2.39. The molecule has 4 heteroatoms. The largest absolute Gasteiger partial charge is 0.389 e. The molecule has 0 spiro atoms. The second-order valence-electron chi connectivity index (χ2n) is 5.45. The van der Waals surface area contributed by atoms with Gasteiger partial charge in [0.2, 0.25) is 0 Å². The summed E-state index contributed by atoms with van der Waals surface area (Å²) in [4.78, 5) is 13.7. The van der Waals surface area contributed by atoms with E-state index in [1.807, 2.05) is 18.2 Å². The molecule has 1 aliphatic rings. The summed E-state index contributed by atoms with van der Waals surface area (Å²) < 4.78 is 5.33. The number of likely N-dealkylation sites (N-methyl/N-ethyl adjacent to an activating group) is 1. The highest BCUT2D eigenvalue weighted by Gasteiger charge is 2.21. The zero-order valence-corrected chi connectivity index (χ0v) is 11.1. The molecule has 0 saturated heterocycles. The van der Waals surface area contributed by atoms with Crippen molar-refractivity contribution in [2.75, 3.05) is 13.6 Å². The van der Waals surface area contributed by atoms with Gasteiger partial charge in [-0.1, -0.05) is 6.07 Å². The fourth-order valence-corrected chi connectivity index (χ4v) is 2.18. The highest BCUT2D eigenvalue weighted by Crippen LogP contribution is 2.21. The first kappa shape index (κ1) is 13.1. The van der Waals surface area contributed by atoms with E-state index in [2.05, 4.69) is 0 Å². The minimum atomic E-state index is -0.885. The van der Waals surface area contributed by atoms with Gasteiger partial charge in [0.1, 0.15) is 0 Å². The van der Waals surface area contributed by atoms with E-state index in [9.17, 15) is 9.90 Å². The number of rotatable bonds is 3. The van der Waals surface area contributed by atoms with Crippen LogP contribution in [-0.4, -0.2) is 35.1 Å². The molecule has 0 aromatic heterocycles. The van der Waals surface area contributed by atoms with E-state index >= 15 is 0 Å². The Labute approximate surface area is 107 Å².